The van der Waals surface area contributed by atoms with Crippen LogP contribution in [-0.4, -0.2) is 28.8 Å². The third-order valence-electron chi connectivity index (χ3n) is 5.21. The first-order valence-corrected chi connectivity index (χ1v) is 10.0. The van der Waals surface area contributed by atoms with Gasteiger partial charge in [0.15, 0.2) is 0 Å². The summed E-state index contributed by atoms with van der Waals surface area (Å²) < 4.78 is 0. The van der Waals surface area contributed by atoms with Crippen LogP contribution in [-0.2, 0) is 22.6 Å². The number of hydrogen-bond acceptors (Lipinski definition) is 2. The van der Waals surface area contributed by atoms with Crippen LogP contribution in [0.15, 0.2) is 48.5 Å². The van der Waals surface area contributed by atoms with Crippen molar-refractivity contribution in [3.63, 3.8) is 0 Å². The quantitative estimate of drug-likeness (QED) is 0.747. The predicted molar refractivity (Wildman–Crippen MR) is 114 cm³/mol. The first-order valence-electron chi connectivity index (χ1n) is 10.0. The smallest absolute Gasteiger partial charge is 0.242 e. The highest BCUT2D eigenvalue weighted by Gasteiger charge is 2.27. The van der Waals surface area contributed by atoms with Crippen molar-refractivity contribution in [2.24, 2.45) is 0 Å². The Morgan fingerprint density at radius 1 is 1.04 bits per heavy atom. The third kappa shape index (κ3) is 5.95. The van der Waals surface area contributed by atoms with Gasteiger partial charge in [-0.25, -0.2) is 0 Å². The average molecular weight is 381 g/mol. The summed E-state index contributed by atoms with van der Waals surface area (Å²) in [7, 11) is 0. The maximum Gasteiger partial charge on any atom is 0.242 e. The number of benzene rings is 2. The molecule has 0 fully saturated rings. The molecule has 2 rings (SSSR count). The maximum absolute atomic E-state index is 13.2. The Hall–Kier alpha value is -2.62. The molecule has 4 heteroatoms. The normalized spacial score (nSPS) is 12.9. The molecule has 0 unspecified atom stereocenters. The number of nitrogens with one attached hydrogen (secondary N) is 1. The molecule has 0 radical (unpaired) electrons. The Labute approximate surface area is 169 Å². The van der Waals surface area contributed by atoms with E-state index in [9.17, 15) is 9.59 Å². The number of carbonyl (C=O) groups is 2. The Kier molecular flexibility index (Phi) is 7.80. The number of carbonyl (C=O) groups excluding carboxylic acids is 2. The van der Waals surface area contributed by atoms with Gasteiger partial charge in [0, 0.05) is 12.6 Å². The van der Waals surface area contributed by atoms with Gasteiger partial charge in [-0.15, -0.1) is 0 Å². The molecule has 1 N–H and O–H groups in total. The van der Waals surface area contributed by atoms with Crippen molar-refractivity contribution in [2.45, 2.75) is 66.1 Å². The molecule has 2 aromatic rings. The molecule has 0 saturated heterocycles. The van der Waals surface area contributed by atoms with Gasteiger partial charge < -0.3 is 10.2 Å². The second-order valence-electron chi connectivity index (χ2n) is 7.61. The molecule has 0 aromatic heterocycles. The zero-order chi connectivity index (χ0) is 20.7. The van der Waals surface area contributed by atoms with E-state index in [0.29, 0.717) is 13.0 Å². The van der Waals surface area contributed by atoms with Crippen molar-refractivity contribution in [2.75, 3.05) is 0 Å². The lowest BCUT2D eigenvalue weighted by atomic mass is 10.0. The highest BCUT2D eigenvalue weighted by Crippen LogP contribution is 2.15. The SMILES string of the molecule is CC[C@@H](C)NC(=O)[C@@H](C)N(Cc1cccc(C)c1)C(=O)Cc1ccccc1C. The summed E-state index contributed by atoms with van der Waals surface area (Å²) in [6, 6.07) is 15.5. The molecule has 0 spiro atoms. The van der Waals surface area contributed by atoms with Crippen molar-refractivity contribution in [1.82, 2.24) is 10.2 Å². The molecular weight excluding hydrogens is 348 g/mol. The van der Waals surface area contributed by atoms with E-state index >= 15 is 0 Å². The molecule has 4 nitrogen and oxygen atoms in total. The summed E-state index contributed by atoms with van der Waals surface area (Å²) >= 11 is 0. The molecule has 0 bridgehead atoms. The number of rotatable bonds is 8. The van der Waals surface area contributed by atoms with E-state index in [1.807, 2.05) is 77.1 Å². The second-order valence-corrected chi connectivity index (χ2v) is 7.61. The van der Waals surface area contributed by atoms with Gasteiger partial charge in [0.1, 0.15) is 6.04 Å². The summed E-state index contributed by atoms with van der Waals surface area (Å²) in [5, 5.41) is 3.00. The van der Waals surface area contributed by atoms with E-state index in [-0.39, 0.29) is 17.9 Å². The predicted octanol–water partition coefficient (Wildman–Crippen LogP) is 4.18. The molecule has 0 aliphatic carbocycles. The van der Waals surface area contributed by atoms with Crippen LogP contribution in [0.2, 0.25) is 0 Å². The van der Waals surface area contributed by atoms with Crippen LogP contribution in [0.25, 0.3) is 0 Å². The van der Waals surface area contributed by atoms with E-state index in [4.69, 9.17) is 0 Å². The minimum Gasteiger partial charge on any atom is -0.352 e. The Bertz CT molecular complexity index is 816. The van der Waals surface area contributed by atoms with Gasteiger partial charge in [0.2, 0.25) is 11.8 Å². The number of aryl methyl sites for hydroxylation is 2. The lowest BCUT2D eigenvalue weighted by Crippen LogP contribution is -2.49. The number of hydrogen-bond donors (Lipinski definition) is 1. The van der Waals surface area contributed by atoms with Gasteiger partial charge in [-0.3, -0.25) is 9.59 Å². The fourth-order valence-corrected chi connectivity index (χ4v) is 3.13. The molecule has 28 heavy (non-hydrogen) atoms. The van der Waals surface area contributed by atoms with Crippen LogP contribution in [0.3, 0.4) is 0 Å². The zero-order valence-corrected chi connectivity index (χ0v) is 17.7. The Morgan fingerprint density at radius 3 is 2.39 bits per heavy atom. The molecule has 150 valence electrons. The van der Waals surface area contributed by atoms with Crippen LogP contribution < -0.4 is 5.32 Å². The molecule has 0 aliphatic heterocycles. The number of nitrogens with zero attached hydrogens (tertiary/aromatic N) is 1. The Morgan fingerprint density at radius 2 is 1.75 bits per heavy atom. The van der Waals surface area contributed by atoms with Crippen LogP contribution in [0.5, 0.6) is 0 Å². The minimum absolute atomic E-state index is 0.0393. The van der Waals surface area contributed by atoms with Crippen molar-refractivity contribution in [3.8, 4) is 0 Å². The second kappa shape index (κ2) is 10.1. The topological polar surface area (TPSA) is 49.4 Å². The Balaban J connectivity index is 2.25. The zero-order valence-electron chi connectivity index (χ0n) is 17.7. The fraction of sp³-hybridized carbons (Fsp3) is 0.417. The highest BCUT2D eigenvalue weighted by atomic mass is 16.2. The van der Waals surface area contributed by atoms with Gasteiger partial charge in [0.05, 0.1) is 6.42 Å². The van der Waals surface area contributed by atoms with Crippen LogP contribution in [0.1, 0.15) is 49.4 Å². The molecule has 0 aliphatic rings. The van der Waals surface area contributed by atoms with Crippen LogP contribution in [0, 0.1) is 13.8 Å². The van der Waals surface area contributed by atoms with Gasteiger partial charge in [-0.1, -0.05) is 61.0 Å². The van der Waals surface area contributed by atoms with Gasteiger partial charge in [-0.2, -0.15) is 0 Å². The van der Waals surface area contributed by atoms with Crippen molar-refractivity contribution in [3.05, 3.63) is 70.8 Å². The summed E-state index contributed by atoms with van der Waals surface area (Å²) in [5.74, 6) is -0.150. The first-order chi connectivity index (χ1) is 13.3. The standard InChI is InChI=1S/C24H32N2O2/c1-6-19(4)25-24(28)20(5)26(16-21-12-9-10-17(2)14-21)23(27)15-22-13-8-7-11-18(22)3/h7-14,19-20H,6,15-16H2,1-5H3,(H,25,28)/t19-,20-/m1/s1. The first kappa shape index (κ1) is 21.7. The van der Waals surface area contributed by atoms with Crippen molar-refractivity contribution >= 4 is 11.8 Å². The molecule has 0 heterocycles. The van der Waals surface area contributed by atoms with Crippen LogP contribution >= 0.6 is 0 Å². The maximum atomic E-state index is 13.2. The summed E-state index contributed by atoms with van der Waals surface area (Å²) in [5.41, 5.74) is 4.25. The lowest BCUT2D eigenvalue weighted by molar-refractivity contribution is -0.140. The van der Waals surface area contributed by atoms with Gasteiger partial charge in [0.25, 0.3) is 0 Å². The van der Waals surface area contributed by atoms with Gasteiger partial charge >= 0.3 is 0 Å². The van der Waals surface area contributed by atoms with E-state index in [1.54, 1.807) is 4.90 Å². The van der Waals surface area contributed by atoms with Crippen molar-refractivity contribution in [1.29, 1.82) is 0 Å². The van der Waals surface area contributed by atoms with E-state index in [2.05, 4.69) is 11.4 Å². The fourth-order valence-electron chi connectivity index (χ4n) is 3.13. The van der Waals surface area contributed by atoms with E-state index in [1.165, 1.54) is 0 Å². The molecule has 2 aromatic carbocycles. The number of amides is 2. The molecule has 2 atom stereocenters. The summed E-state index contributed by atoms with van der Waals surface area (Å²) in [4.78, 5) is 27.6. The largest absolute Gasteiger partial charge is 0.352 e. The molecule has 2 amide bonds. The van der Waals surface area contributed by atoms with E-state index < -0.39 is 6.04 Å². The highest BCUT2D eigenvalue weighted by molar-refractivity contribution is 5.88. The lowest BCUT2D eigenvalue weighted by Gasteiger charge is -2.30. The van der Waals surface area contributed by atoms with Crippen LogP contribution in [0.4, 0.5) is 0 Å². The summed E-state index contributed by atoms with van der Waals surface area (Å²) in [6.07, 6.45) is 1.15. The molecule has 0 saturated carbocycles. The van der Waals surface area contributed by atoms with Crippen molar-refractivity contribution < 1.29 is 9.59 Å². The summed E-state index contributed by atoms with van der Waals surface area (Å²) in [6.45, 7) is 10.3. The monoisotopic (exact) mass is 380 g/mol. The minimum atomic E-state index is -0.536. The van der Waals surface area contributed by atoms with E-state index in [0.717, 1.165) is 28.7 Å². The third-order valence-corrected chi connectivity index (χ3v) is 5.21. The van der Waals surface area contributed by atoms with Gasteiger partial charge in [-0.05, 0) is 50.8 Å². The average Bonchev–Trinajstić information content (AvgIpc) is 2.67. The molecular formula is C24H32N2O2.